The van der Waals surface area contributed by atoms with Crippen molar-refractivity contribution in [1.82, 2.24) is 0 Å². The quantitative estimate of drug-likeness (QED) is 0.870. The van der Waals surface area contributed by atoms with E-state index in [1.54, 1.807) is 36.4 Å². The topological polar surface area (TPSA) is 38.3 Å². The molecule has 0 aliphatic heterocycles. The molecule has 0 aliphatic carbocycles. The molecule has 0 fully saturated rings. The van der Waals surface area contributed by atoms with Gasteiger partial charge in [-0.1, -0.05) is 29.8 Å². The first-order valence-corrected chi connectivity index (χ1v) is 6.34. The van der Waals surface area contributed by atoms with Crippen LogP contribution in [0.25, 0.3) is 0 Å². The Morgan fingerprint density at radius 3 is 2.75 bits per heavy atom. The zero-order valence-corrected chi connectivity index (χ0v) is 11.6. The van der Waals surface area contributed by atoms with Crippen LogP contribution in [0.4, 0.5) is 10.1 Å². The van der Waals surface area contributed by atoms with E-state index in [9.17, 15) is 9.18 Å². The third-order valence-electron chi connectivity index (χ3n) is 2.81. The van der Waals surface area contributed by atoms with Crippen LogP contribution in [-0.2, 0) is 11.3 Å². The number of carbonyl (C=O) groups is 1. The van der Waals surface area contributed by atoms with Crippen molar-refractivity contribution in [2.24, 2.45) is 0 Å². The second kappa shape index (κ2) is 6.39. The van der Waals surface area contributed by atoms with Crippen molar-refractivity contribution < 1.29 is 13.9 Å². The van der Waals surface area contributed by atoms with Gasteiger partial charge in [-0.05, 0) is 24.3 Å². The molecule has 0 saturated heterocycles. The number of halogens is 2. The summed E-state index contributed by atoms with van der Waals surface area (Å²) in [7, 11) is 1.31. The van der Waals surface area contributed by atoms with Gasteiger partial charge in [0.25, 0.3) is 0 Å². The van der Waals surface area contributed by atoms with Crippen LogP contribution in [0.1, 0.15) is 15.9 Å². The van der Waals surface area contributed by atoms with Gasteiger partial charge in [-0.25, -0.2) is 9.18 Å². The SMILES string of the molecule is COC(=O)c1ccc(Cl)c(NCc2ccccc2F)c1. The Balaban J connectivity index is 2.17. The van der Waals surface area contributed by atoms with Crippen LogP contribution in [0.5, 0.6) is 0 Å². The lowest BCUT2D eigenvalue weighted by Gasteiger charge is -2.10. The molecule has 0 amide bonds. The van der Waals surface area contributed by atoms with E-state index in [4.69, 9.17) is 11.6 Å². The largest absolute Gasteiger partial charge is 0.465 e. The maximum atomic E-state index is 13.5. The summed E-state index contributed by atoms with van der Waals surface area (Å²) in [6.07, 6.45) is 0. The van der Waals surface area contributed by atoms with Crippen LogP contribution in [0.3, 0.4) is 0 Å². The molecule has 0 unspecified atom stereocenters. The monoisotopic (exact) mass is 293 g/mol. The molecule has 2 aromatic rings. The molecule has 0 bridgehead atoms. The minimum Gasteiger partial charge on any atom is -0.465 e. The molecule has 20 heavy (non-hydrogen) atoms. The highest BCUT2D eigenvalue weighted by Crippen LogP contribution is 2.24. The molecule has 0 saturated carbocycles. The summed E-state index contributed by atoms with van der Waals surface area (Å²) >= 11 is 6.04. The predicted octanol–water partition coefficient (Wildman–Crippen LogP) is 3.88. The fourth-order valence-electron chi connectivity index (χ4n) is 1.74. The summed E-state index contributed by atoms with van der Waals surface area (Å²) in [6.45, 7) is 0.275. The van der Waals surface area contributed by atoms with Gasteiger partial charge < -0.3 is 10.1 Å². The second-order valence-corrected chi connectivity index (χ2v) is 4.54. The second-order valence-electron chi connectivity index (χ2n) is 4.13. The Morgan fingerprint density at radius 2 is 2.05 bits per heavy atom. The zero-order valence-electron chi connectivity index (χ0n) is 10.8. The van der Waals surface area contributed by atoms with E-state index in [1.165, 1.54) is 13.2 Å². The molecule has 0 heterocycles. The maximum absolute atomic E-state index is 13.5. The van der Waals surface area contributed by atoms with Gasteiger partial charge in [0.1, 0.15) is 5.82 Å². The molecule has 0 radical (unpaired) electrons. The van der Waals surface area contributed by atoms with Gasteiger partial charge >= 0.3 is 5.97 Å². The summed E-state index contributed by atoms with van der Waals surface area (Å²) in [6, 6.07) is 11.2. The van der Waals surface area contributed by atoms with E-state index < -0.39 is 5.97 Å². The Kier molecular flexibility index (Phi) is 4.58. The molecule has 0 aromatic heterocycles. The summed E-state index contributed by atoms with van der Waals surface area (Å²) in [5.41, 5.74) is 1.46. The highest BCUT2D eigenvalue weighted by molar-refractivity contribution is 6.33. The first kappa shape index (κ1) is 14.3. The number of hydrogen-bond donors (Lipinski definition) is 1. The third kappa shape index (κ3) is 3.27. The maximum Gasteiger partial charge on any atom is 0.337 e. The minimum absolute atomic E-state index is 0.275. The van der Waals surface area contributed by atoms with Gasteiger partial charge in [-0.3, -0.25) is 0 Å². The molecule has 0 spiro atoms. The number of rotatable bonds is 4. The van der Waals surface area contributed by atoms with Crippen LogP contribution in [0.2, 0.25) is 5.02 Å². The highest BCUT2D eigenvalue weighted by atomic mass is 35.5. The first-order valence-electron chi connectivity index (χ1n) is 5.97. The molecule has 104 valence electrons. The van der Waals surface area contributed by atoms with E-state index in [0.717, 1.165) is 0 Å². The van der Waals surface area contributed by atoms with Crippen LogP contribution in [0, 0.1) is 5.82 Å². The summed E-state index contributed by atoms with van der Waals surface area (Å²) in [4.78, 5) is 11.5. The van der Waals surface area contributed by atoms with Crippen LogP contribution >= 0.6 is 11.6 Å². The predicted molar refractivity (Wildman–Crippen MR) is 76.5 cm³/mol. The summed E-state index contributed by atoms with van der Waals surface area (Å²) in [5, 5.41) is 3.46. The fourth-order valence-corrected chi connectivity index (χ4v) is 1.92. The molecular formula is C15H13ClFNO2. The number of benzene rings is 2. The van der Waals surface area contributed by atoms with Gasteiger partial charge in [0.05, 0.1) is 23.4 Å². The molecule has 0 atom stereocenters. The molecule has 0 aliphatic rings. The Bertz CT molecular complexity index is 631. The number of carbonyl (C=O) groups excluding carboxylic acids is 1. The van der Waals surface area contributed by atoms with Crippen molar-refractivity contribution in [3.05, 3.63) is 64.4 Å². The average Bonchev–Trinajstić information content (AvgIpc) is 2.47. The van der Waals surface area contributed by atoms with Gasteiger partial charge in [0, 0.05) is 12.1 Å². The Hall–Kier alpha value is -2.07. The van der Waals surface area contributed by atoms with E-state index in [-0.39, 0.29) is 12.4 Å². The van der Waals surface area contributed by atoms with Crippen LogP contribution in [0.15, 0.2) is 42.5 Å². The van der Waals surface area contributed by atoms with E-state index in [2.05, 4.69) is 10.1 Å². The Morgan fingerprint density at radius 1 is 1.30 bits per heavy atom. The molecular weight excluding hydrogens is 281 g/mol. The minimum atomic E-state index is -0.449. The van der Waals surface area contributed by atoms with E-state index in [0.29, 0.717) is 21.8 Å². The van der Waals surface area contributed by atoms with Crippen molar-refractivity contribution in [3.8, 4) is 0 Å². The molecule has 5 heteroatoms. The van der Waals surface area contributed by atoms with Gasteiger partial charge in [0.15, 0.2) is 0 Å². The van der Waals surface area contributed by atoms with E-state index in [1.807, 2.05) is 0 Å². The van der Waals surface area contributed by atoms with Gasteiger partial charge in [0.2, 0.25) is 0 Å². The van der Waals surface area contributed by atoms with Gasteiger partial charge in [-0.2, -0.15) is 0 Å². The molecule has 2 aromatic carbocycles. The summed E-state index contributed by atoms with van der Waals surface area (Å²) in [5.74, 6) is -0.740. The number of methoxy groups -OCH3 is 1. The highest BCUT2D eigenvalue weighted by Gasteiger charge is 2.09. The average molecular weight is 294 g/mol. The lowest BCUT2D eigenvalue weighted by molar-refractivity contribution is 0.0601. The molecule has 2 rings (SSSR count). The first-order chi connectivity index (χ1) is 9.61. The number of esters is 1. The zero-order chi connectivity index (χ0) is 14.5. The van der Waals surface area contributed by atoms with Crippen molar-refractivity contribution in [3.63, 3.8) is 0 Å². The normalized spacial score (nSPS) is 10.2. The summed E-state index contributed by atoms with van der Waals surface area (Å²) < 4.78 is 18.2. The third-order valence-corrected chi connectivity index (χ3v) is 3.14. The van der Waals surface area contributed by atoms with Crippen LogP contribution < -0.4 is 5.32 Å². The van der Waals surface area contributed by atoms with Crippen molar-refractivity contribution in [1.29, 1.82) is 0 Å². The lowest BCUT2D eigenvalue weighted by atomic mass is 10.1. The van der Waals surface area contributed by atoms with Crippen molar-refractivity contribution >= 4 is 23.3 Å². The van der Waals surface area contributed by atoms with Crippen molar-refractivity contribution in [2.75, 3.05) is 12.4 Å². The smallest absolute Gasteiger partial charge is 0.337 e. The lowest BCUT2D eigenvalue weighted by Crippen LogP contribution is -2.05. The number of anilines is 1. The number of hydrogen-bond acceptors (Lipinski definition) is 3. The standard InChI is InChI=1S/C15H13ClFNO2/c1-20-15(19)10-6-7-12(16)14(8-10)18-9-11-4-2-3-5-13(11)17/h2-8,18H,9H2,1H3. The van der Waals surface area contributed by atoms with E-state index >= 15 is 0 Å². The number of ether oxygens (including phenoxy) is 1. The number of nitrogens with one attached hydrogen (secondary N) is 1. The molecule has 1 N–H and O–H groups in total. The van der Waals surface area contributed by atoms with Crippen molar-refractivity contribution in [2.45, 2.75) is 6.54 Å². The van der Waals surface area contributed by atoms with Gasteiger partial charge in [-0.15, -0.1) is 0 Å². The van der Waals surface area contributed by atoms with Crippen LogP contribution in [-0.4, -0.2) is 13.1 Å². The molecule has 3 nitrogen and oxygen atoms in total. The Labute approximate surface area is 121 Å². The fraction of sp³-hybridized carbons (Fsp3) is 0.133.